The summed E-state index contributed by atoms with van der Waals surface area (Å²) in [5.41, 5.74) is 0.822. The molecule has 1 N–H and O–H groups in total. The van der Waals surface area contributed by atoms with Crippen LogP contribution in [0.15, 0.2) is 24.3 Å². The van der Waals surface area contributed by atoms with Crippen molar-refractivity contribution < 1.29 is 14.6 Å². The summed E-state index contributed by atoms with van der Waals surface area (Å²) in [4.78, 5) is 0. The number of hydrogen-bond acceptors (Lipinski definition) is 3. The van der Waals surface area contributed by atoms with E-state index in [1.54, 1.807) is 0 Å². The van der Waals surface area contributed by atoms with Crippen LogP contribution in [0, 0.1) is 5.92 Å². The van der Waals surface area contributed by atoms with Crippen molar-refractivity contribution in [2.45, 2.75) is 58.2 Å². The largest absolute Gasteiger partial charge is 0.493 e. The van der Waals surface area contributed by atoms with Crippen LogP contribution in [-0.4, -0.2) is 24.4 Å². The Morgan fingerprint density at radius 3 is 2.71 bits per heavy atom. The van der Waals surface area contributed by atoms with E-state index in [1.807, 2.05) is 31.2 Å². The molecule has 0 aromatic heterocycles. The van der Waals surface area contributed by atoms with Gasteiger partial charge >= 0.3 is 0 Å². The van der Waals surface area contributed by atoms with Gasteiger partial charge in [0.1, 0.15) is 11.9 Å². The van der Waals surface area contributed by atoms with E-state index in [0.29, 0.717) is 25.2 Å². The maximum absolute atomic E-state index is 10.4. The van der Waals surface area contributed by atoms with Gasteiger partial charge in [-0.25, -0.2) is 0 Å². The van der Waals surface area contributed by atoms with Crippen molar-refractivity contribution in [3.8, 4) is 5.75 Å². The summed E-state index contributed by atoms with van der Waals surface area (Å²) in [6, 6.07) is 7.67. The maximum Gasteiger partial charge on any atom is 0.125 e. The minimum absolute atomic E-state index is 0.303. The van der Waals surface area contributed by atoms with Gasteiger partial charge in [0.05, 0.1) is 19.3 Å². The minimum atomic E-state index is -0.618. The topological polar surface area (TPSA) is 38.7 Å². The standard InChI is InChI=1S/C18H28O3/c1-3-14-9-5-7-11-17(14)21-13-16(19)15-10-6-8-12-18(15)20-4-2/h6,8,10,12,14,16-17,19H,3-5,7,9,11,13H2,1-2H3. The highest BCUT2D eigenvalue weighted by atomic mass is 16.5. The van der Waals surface area contributed by atoms with Crippen molar-refractivity contribution in [1.82, 2.24) is 0 Å². The van der Waals surface area contributed by atoms with E-state index in [-0.39, 0.29) is 0 Å². The number of rotatable bonds is 7. The molecular weight excluding hydrogens is 264 g/mol. The molecule has 1 aliphatic carbocycles. The summed E-state index contributed by atoms with van der Waals surface area (Å²) in [6.07, 6.45) is 5.78. The van der Waals surface area contributed by atoms with Crippen LogP contribution in [0.1, 0.15) is 57.6 Å². The molecule has 1 fully saturated rings. The molecule has 3 heteroatoms. The van der Waals surface area contributed by atoms with Gasteiger partial charge < -0.3 is 14.6 Å². The lowest BCUT2D eigenvalue weighted by molar-refractivity contribution is -0.0519. The molecule has 0 bridgehead atoms. The average Bonchev–Trinajstić information content (AvgIpc) is 2.53. The number of hydrogen-bond donors (Lipinski definition) is 1. The molecule has 21 heavy (non-hydrogen) atoms. The van der Waals surface area contributed by atoms with E-state index >= 15 is 0 Å². The normalized spacial score (nSPS) is 23.8. The first-order chi connectivity index (χ1) is 10.3. The third-order valence-corrected chi connectivity index (χ3v) is 4.41. The van der Waals surface area contributed by atoms with Gasteiger partial charge in [0.2, 0.25) is 0 Å². The first kappa shape index (κ1) is 16.3. The molecule has 0 heterocycles. The van der Waals surface area contributed by atoms with Gasteiger partial charge in [-0.3, -0.25) is 0 Å². The molecule has 1 aliphatic rings. The Morgan fingerprint density at radius 2 is 1.95 bits per heavy atom. The number of ether oxygens (including phenoxy) is 2. The Hall–Kier alpha value is -1.06. The molecule has 118 valence electrons. The lowest BCUT2D eigenvalue weighted by Gasteiger charge is -2.31. The number of aliphatic hydroxyl groups is 1. The third kappa shape index (κ3) is 4.45. The van der Waals surface area contributed by atoms with Crippen molar-refractivity contribution >= 4 is 0 Å². The molecule has 1 aromatic rings. The smallest absolute Gasteiger partial charge is 0.125 e. The number of para-hydroxylation sites is 1. The lowest BCUT2D eigenvalue weighted by atomic mass is 9.85. The highest BCUT2D eigenvalue weighted by Gasteiger charge is 2.25. The monoisotopic (exact) mass is 292 g/mol. The second-order valence-electron chi connectivity index (χ2n) is 5.81. The molecule has 0 radical (unpaired) electrons. The van der Waals surface area contributed by atoms with E-state index in [0.717, 1.165) is 24.2 Å². The van der Waals surface area contributed by atoms with Gasteiger partial charge in [-0.05, 0) is 31.7 Å². The summed E-state index contributed by atoms with van der Waals surface area (Å²) in [6.45, 7) is 5.14. The summed E-state index contributed by atoms with van der Waals surface area (Å²) >= 11 is 0. The molecule has 3 atom stereocenters. The second-order valence-corrected chi connectivity index (χ2v) is 5.81. The maximum atomic E-state index is 10.4. The molecule has 3 nitrogen and oxygen atoms in total. The van der Waals surface area contributed by atoms with Crippen LogP contribution >= 0.6 is 0 Å². The van der Waals surface area contributed by atoms with Crippen LogP contribution in [0.2, 0.25) is 0 Å². The van der Waals surface area contributed by atoms with Crippen molar-refractivity contribution in [1.29, 1.82) is 0 Å². The van der Waals surface area contributed by atoms with Crippen molar-refractivity contribution in [2.24, 2.45) is 5.92 Å². The van der Waals surface area contributed by atoms with Crippen molar-refractivity contribution in [3.05, 3.63) is 29.8 Å². The molecule has 1 aromatic carbocycles. The zero-order valence-corrected chi connectivity index (χ0v) is 13.3. The van der Waals surface area contributed by atoms with E-state index in [1.165, 1.54) is 19.3 Å². The van der Waals surface area contributed by atoms with E-state index in [9.17, 15) is 5.11 Å². The second kappa shape index (κ2) is 8.40. The minimum Gasteiger partial charge on any atom is -0.493 e. The molecule has 0 spiro atoms. The van der Waals surface area contributed by atoms with Crippen LogP contribution in [0.3, 0.4) is 0 Å². The Kier molecular flexibility index (Phi) is 6.52. The number of benzene rings is 1. The Bertz CT molecular complexity index is 419. The average molecular weight is 292 g/mol. The van der Waals surface area contributed by atoms with Crippen LogP contribution in [0.25, 0.3) is 0 Å². The van der Waals surface area contributed by atoms with E-state index in [2.05, 4.69) is 6.92 Å². The number of aliphatic hydroxyl groups excluding tert-OH is 1. The summed E-state index contributed by atoms with van der Waals surface area (Å²) in [5, 5.41) is 10.4. The first-order valence-electron chi connectivity index (χ1n) is 8.27. The Morgan fingerprint density at radius 1 is 1.19 bits per heavy atom. The van der Waals surface area contributed by atoms with Gasteiger partial charge in [-0.15, -0.1) is 0 Å². The van der Waals surface area contributed by atoms with Gasteiger partial charge in [-0.1, -0.05) is 44.4 Å². The fourth-order valence-electron chi connectivity index (χ4n) is 3.21. The molecule has 1 saturated carbocycles. The fraction of sp³-hybridized carbons (Fsp3) is 0.667. The van der Waals surface area contributed by atoms with Crippen LogP contribution < -0.4 is 4.74 Å². The summed E-state index contributed by atoms with van der Waals surface area (Å²) < 4.78 is 11.6. The first-order valence-corrected chi connectivity index (χ1v) is 8.27. The zero-order chi connectivity index (χ0) is 15.1. The fourth-order valence-corrected chi connectivity index (χ4v) is 3.21. The molecule has 2 rings (SSSR count). The van der Waals surface area contributed by atoms with Crippen molar-refractivity contribution in [2.75, 3.05) is 13.2 Å². The lowest BCUT2D eigenvalue weighted by Crippen LogP contribution is -2.29. The Labute approximate surface area is 128 Å². The van der Waals surface area contributed by atoms with Crippen LogP contribution in [0.5, 0.6) is 5.75 Å². The third-order valence-electron chi connectivity index (χ3n) is 4.41. The summed E-state index contributed by atoms with van der Waals surface area (Å²) in [7, 11) is 0. The predicted octanol–water partition coefficient (Wildman–Crippen LogP) is 4.10. The van der Waals surface area contributed by atoms with E-state index in [4.69, 9.17) is 9.47 Å². The SMILES string of the molecule is CCOc1ccccc1C(O)COC1CCCCC1CC. The van der Waals surface area contributed by atoms with Gasteiger partial charge in [0.25, 0.3) is 0 Å². The van der Waals surface area contributed by atoms with Gasteiger partial charge in [-0.2, -0.15) is 0 Å². The molecule has 0 amide bonds. The van der Waals surface area contributed by atoms with Gasteiger partial charge in [0, 0.05) is 5.56 Å². The summed E-state index contributed by atoms with van der Waals surface area (Å²) in [5.74, 6) is 1.40. The quantitative estimate of drug-likeness (QED) is 0.822. The van der Waals surface area contributed by atoms with Crippen LogP contribution in [0.4, 0.5) is 0 Å². The predicted molar refractivity (Wildman–Crippen MR) is 84.6 cm³/mol. The highest BCUT2D eigenvalue weighted by Crippen LogP contribution is 2.31. The highest BCUT2D eigenvalue weighted by molar-refractivity contribution is 5.35. The van der Waals surface area contributed by atoms with Crippen molar-refractivity contribution in [3.63, 3.8) is 0 Å². The van der Waals surface area contributed by atoms with E-state index < -0.39 is 6.10 Å². The molecule has 3 unspecified atom stereocenters. The zero-order valence-electron chi connectivity index (χ0n) is 13.3. The van der Waals surface area contributed by atoms with Crippen LogP contribution in [-0.2, 0) is 4.74 Å². The van der Waals surface area contributed by atoms with Gasteiger partial charge in [0.15, 0.2) is 0 Å². The molecule has 0 aliphatic heterocycles. The Balaban J connectivity index is 1.93. The molecular formula is C18H28O3. The molecule has 0 saturated heterocycles.